The summed E-state index contributed by atoms with van der Waals surface area (Å²) in [5.41, 5.74) is 0.627. The summed E-state index contributed by atoms with van der Waals surface area (Å²) in [6, 6.07) is 1.97. The predicted molar refractivity (Wildman–Crippen MR) is 63.4 cm³/mol. The van der Waals surface area contributed by atoms with Crippen LogP contribution in [0.3, 0.4) is 0 Å². The van der Waals surface area contributed by atoms with E-state index < -0.39 is 0 Å². The van der Waals surface area contributed by atoms with Gasteiger partial charge in [0.1, 0.15) is 12.0 Å². The average molecular weight is 274 g/mol. The summed E-state index contributed by atoms with van der Waals surface area (Å²) in [5.74, 6) is 0.794. The minimum Gasteiger partial charge on any atom is -0.469 e. The summed E-state index contributed by atoms with van der Waals surface area (Å²) >= 11 is 3.35. The third-order valence-corrected chi connectivity index (χ3v) is 2.54. The summed E-state index contributed by atoms with van der Waals surface area (Å²) in [6.07, 6.45) is 1.52. The van der Waals surface area contributed by atoms with Crippen LogP contribution in [0.2, 0.25) is 0 Å². The highest BCUT2D eigenvalue weighted by atomic mass is 79.9. The topological polar surface area (TPSA) is 33.5 Å². The number of furan rings is 1. The van der Waals surface area contributed by atoms with Crippen molar-refractivity contribution in [2.45, 2.75) is 26.8 Å². The SMILES string of the molecule is Cc1cc(C(=O)N(CCBr)C(C)C)co1. The zero-order chi connectivity index (χ0) is 11.4. The smallest absolute Gasteiger partial charge is 0.257 e. The van der Waals surface area contributed by atoms with Gasteiger partial charge in [-0.05, 0) is 26.8 Å². The van der Waals surface area contributed by atoms with Crippen molar-refractivity contribution in [3.63, 3.8) is 0 Å². The van der Waals surface area contributed by atoms with Crippen LogP contribution in [0.25, 0.3) is 0 Å². The zero-order valence-electron chi connectivity index (χ0n) is 9.29. The molecule has 1 heterocycles. The molecule has 0 radical (unpaired) electrons. The van der Waals surface area contributed by atoms with Gasteiger partial charge in [-0.15, -0.1) is 0 Å². The fourth-order valence-electron chi connectivity index (χ4n) is 1.41. The van der Waals surface area contributed by atoms with E-state index in [9.17, 15) is 4.79 Å². The number of alkyl halides is 1. The molecule has 0 aliphatic heterocycles. The molecular formula is C11H16BrNO2. The molecule has 1 amide bonds. The van der Waals surface area contributed by atoms with Crippen LogP contribution in [0.5, 0.6) is 0 Å². The van der Waals surface area contributed by atoms with E-state index in [2.05, 4.69) is 15.9 Å². The van der Waals surface area contributed by atoms with Crippen LogP contribution in [0.15, 0.2) is 16.7 Å². The fraction of sp³-hybridized carbons (Fsp3) is 0.545. The lowest BCUT2D eigenvalue weighted by Crippen LogP contribution is -2.38. The summed E-state index contributed by atoms with van der Waals surface area (Å²) in [5, 5.41) is 0.785. The molecule has 3 nitrogen and oxygen atoms in total. The summed E-state index contributed by atoms with van der Waals surface area (Å²) < 4.78 is 5.13. The zero-order valence-corrected chi connectivity index (χ0v) is 10.9. The van der Waals surface area contributed by atoms with Crippen LogP contribution in [0.1, 0.15) is 30.0 Å². The molecule has 0 aliphatic rings. The lowest BCUT2D eigenvalue weighted by Gasteiger charge is -2.25. The second-order valence-corrected chi connectivity index (χ2v) is 4.52. The van der Waals surface area contributed by atoms with Crippen molar-refractivity contribution < 1.29 is 9.21 Å². The summed E-state index contributed by atoms with van der Waals surface area (Å²) in [6.45, 7) is 6.56. The number of aryl methyl sites for hydroxylation is 1. The first-order valence-electron chi connectivity index (χ1n) is 4.98. The number of nitrogens with zero attached hydrogens (tertiary/aromatic N) is 1. The van der Waals surface area contributed by atoms with Gasteiger partial charge in [0.05, 0.1) is 5.56 Å². The molecule has 0 aromatic carbocycles. The van der Waals surface area contributed by atoms with Gasteiger partial charge in [0, 0.05) is 17.9 Å². The van der Waals surface area contributed by atoms with Gasteiger partial charge in [-0.25, -0.2) is 0 Å². The van der Waals surface area contributed by atoms with E-state index >= 15 is 0 Å². The first-order chi connectivity index (χ1) is 7.06. The van der Waals surface area contributed by atoms with Crippen LogP contribution >= 0.6 is 15.9 Å². The van der Waals surface area contributed by atoms with E-state index in [1.54, 1.807) is 6.07 Å². The Kier molecular flexibility index (Phi) is 4.39. The normalized spacial score (nSPS) is 10.7. The highest BCUT2D eigenvalue weighted by molar-refractivity contribution is 9.09. The monoisotopic (exact) mass is 273 g/mol. The minimum absolute atomic E-state index is 0.0290. The van der Waals surface area contributed by atoms with E-state index in [0.29, 0.717) is 12.1 Å². The van der Waals surface area contributed by atoms with Crippen LogP contribution in [-0.4, -0.2) is 28.7 Å². The maximum Gasteiger partial charge on any atom is 0.257 e. The van der Waals surface area contributed by atoms with Gasteiger partial charge < -0.3 is 9.32 Å². The molecular weight excluding hydrogens is 258 g/mol. The van der Waals surface area contributed by atoms with Crippen molar-refractivity contribution >= 4 is 21.8 Å². The van der Waals surface area contributed by atoms with Gasteiger partial charge in [-0.2, -0.15) is 0 Å². The molecule has 0 aliphatic carbocycles. The van der Waals surface area contributed by atoms with E-state index in [1.807, 2.05) is 25.7 Å². The number of carbonyl (C=O) groups is 1. The Hall–Kier alpha value is -0.770. The molecule has 1 aromatic heterocycles. The molecule has 0 unspecified atom stereocenters. The average Bonchev–Trinajstić information content (AvgIpc) is 2.59. The fourth-order valence-corrected chi connectivity index (χ4v) is 1.79. The Morgan fingerprint density at radius 2 is 2.27 bits per heavy atom. The number of halogens is 1. The van der Waals surface area contributed by atoms with Gasteiger partial charge >= 0.3 is 0 Å². The maximum absolute atomic E-state index is 12.0. The standard InChI is InChI=1S/C11H16BrNO2/c1-8(2)13(5-4-12)11(14)10-6-9(3)15-7-10/h6-8H,4-5H2,1-3H3. The van der Waals surface area contributed by atoms with Crippen LogP contribution < -0.4 is 0 Å². The summed E-state index contributed by atoms with van der Waals surface area (Å²) in [4.78, 5) is 13.9. The second kappa shape index (κ2) is 5.35. The van der Waals surface area contributed by atoms with Crippen molar-refractivity contribution in [3.8, 4) is 0 Å². The van der Waals surface area contributed by atoms with Gasteiger partial charge in [0.25, 0.3) is 5.91 Å². The lowest BCUT2D eigenvalue weighted by molar-refractivity contribution is 0.0718. The number of hydrogen-bond donors (Lipinski definition) is 0. The molecule has 1 aromatic rings. The van der Waals surface area contributed by atoms with Gasteiger partial charge in [-0.1, -0.05) is 15.9 Å². The first kappa shape index (κ1) is 12.3. The molecule has 84 valence electrons. The third-order valence-electron chi connectivity index (χ3n) is 2.19. The number of rotatable bonds is 4. The molecule has 0 N–H and O–H groups in total. The number of carbonyl (C=O) groups excluding carboxylic acids is 1. The van der Waals surface area contributed by atoms with Crippen molar-refractivity contribution in [2.24, 2.45) is 0 Å². The Morgan fingerprint density at radius 1 is 1.60 bits per heavy atom. The van der Waals surface area contributed by atoms with Crippen LogP contribution in [-0.2, 0) is 0 Å². The van der Waals surface area contributed by atoms with Crippen LogP contribution in [0, 0.1) is 6.92 Å². The van der Waals surface area contributed by atoms with E-state index in [-0.39, 0.29) is 11.9 Å². The molecule has 0 saturated carbocycles. The molecule has 0 atom stereocenters. The number of amides is 1. The first-order valence-corrected chi connectivity index (χ1v) is 6.10. The van der Waals surface area contributed by atoms with Gasteiger partial charge in [0.15, 0.2) is 0 Å². The van der Waals surface area contributed by atoms with Crippen molar-refractivity contribution in [1.29, 1.82) is 0 Å². The molecule has 0 saturated heterocycles. The van der Waals surface area contributed by atoms with Gasteiger partial charge in [-0.3, -0.25) is 4.79 Å². The van der Waals surface area contributed by atoms with Gasteiger partial charge in [0.2, 0.25) is 0 Å². The Bertz CT molecular complexity index is 333. The Balaban J connectivity index is 2.80. The molecule has 4 heteroatoms. The Morgan fingerprint density at radius 3 is 2.67 bits per heavy atom. The lowest BCUT2D eigenvalue weighted by atomic mass is 10.2. The van der Waals surface area contributed by atoms with Crippen molar-refractivity contribution in [2.75, 3.05) is 11.9 Å². The van der Waals surface area contributed by atoms with Crippen molar-refractivity contribution in [1.82, 2.24) is 4.90 Å². The molecule has 15 heavy (non-hydrogen) atoms. The molecule has 1 rings (SSSR count). The number of hydrogen-bond acceptors (Lipinski definition) is 2. The Labute approximate surface area is 98.6 Å². The third kappa shape index (κ3) is 3.09. The largest absolute Gasteiger partial charge is 0.469 e. The highest BCUT2D eigenvalue weighted by Crippen LogP contribution is 2.12. The van der Waals surface area contributed by atoms with Crippen LogP contribution in [0.4, 0.5) is 0 Å². The minimum atomic E-state index is 0.0290. The van der Waals surface area contributed by atoms with E-state index in [1.165, 1.54) is 6.26 Å². The van der Waals surface area contributed by atoms with E-state index in [0.717, 1.165) is 11.1 Å². The maximum atomic E-state index is 12.0. The quantitative estimate of drug-likeness (QED) is 0.791. The summed E-state index contributed by atoms with van der Waals surface area (Å²) in [7, 11) is 0. The second-order valence-electron chi connectivity index (χ2n) is 3.73. The van der Waals surface area contributed by atoms with Crippen molar-refractivity contribution in [3.05, 3.63) is 23.7 Å². The predicted octanol–water partition coefficient (Wildman–Crippen LogP) is 2.83. The molecule has 0 bridgehead atoms. The highest BCUT2D eigenvalue weighted by Gasteiger charge is 2.19. The molecule has 0 spiro atoms. The van der Waals surface area contributed by atoms with E-state index in [4.69, 9.17) is 4.42 Å². The molecule has 0 fully saturated rings.